The van der Waals surface area contributed by atoms with Crippen LogP contribution in [0.5, 0.6) is 5.75 Å². The lowest BCUT2D eigenvalue weighted by Gasteiger charge is -2.45. The van der Waals surface area contributed by atoms with Crippen LogP contribution in [-0.2, 0) is 4.79 Å². The molecule has 1 saturated heterocycles. The van der Waals surface area contributed by atoms with Crippen molar-refractivity contribution in [3.63, 3.8) is 0 Å². The van der Waals surface area contributed by atoms with Crippen LogP contribution in [0.2, 0.25) is 0 Å². The van der Waals surface area contributed by atoms with Gasteiger partial charge in [-0.05, 0) is 57.4 Å². The van der Waals surface area contributed by atoms with Gasteiger partial charge in [0, 0.05) is 36.0 Å². The van der Waals surface area contributed by atoms with Crippen molar-refractivity contribution in [2.24, 2.45) is 5.92 Å². The Bertz CT molecular complexity index is 1100. The smallest absolute Gasteiger partial charge is 0.228 e. The molecule has 0 aromatic carbocycles. The second kappa shape index (κ2) is 6.56. The minimum absolute atomic E-state index is 0.0494. The first-order valence-corrected chi connectivity index (χ1v) is 10.1. The minimum Gasteiger partial charge on any atom is -0.485 e. The molecule has 150 valence electrons. The molecule has 0 spiro atoms. The molecule has 1 amide bonds. The summed E-state index contributed by atoms with van der Waals surface area (Å²) in [5.74, 6) is 1.58. The second-order valence-corrected chi connectivity index (χ2v) is 8.61. The molecule has 1 saturated carbocycles. The number of hydrogen-bond acceptors (Lipinski definition) is 5. The summed E-state index contributed by atoms with van der Waals surface area (Å²) >= 11 is 0. The molecule has 3 aromatic heterocycles. The number of carbonyl (C=O) groups is 1. The van der Waals surface area contributed by atoms with E-state index in [9.17, 15) is 4.79 Å². The van der Waals surface area contributed by atoms with Crippen molar-refractivity contribution >= 4 is 17.2 Å². The van der Waals surface area contributed by atoms with Gasteiger partial charge in [0.2, 0.25) is 5.91 Å². The van der Waals surface area contributed by atoms with E-state index in [-0.39, 0.29) is 23.5 Å². The van der Waals surface area contributed by atoms with E-state index in [1.807, 2.05) is 31.3 Å². The topological polar surface area (TPSA) is 80.5 Å². The molecule has 2 fully saturated rings. The van der Waals surface area contributed by atoms with Gasteiger partial charge in [-0.25, -0.2) is 4.52 Å². The largest absolute Gasteiger partial charge is 0.485 e. The maximum Gasteiger partial charge on any atom is 0.228 e. The number of pyridine rings is 2. The Hall–Kier alpha value is -2.93. The third-order valence-electron chi connectivity index (χ3n) is 5.80. The molecule has 1 atom stereocenters. The van der Waals surface area contributed by atoms with E-state index in [0.717, 1.165) is 47.5 Å². The van der Waals surface area contributed by atoms with Crippen LogP contribution in [0.25, 0.3) is 16.6 Å². The van der Waals surface area contributed by atoms with Gasteiger partial charge in [0.15, 0.2) is 5.82 Å². The second-order valence-electron chi connectivity index (χ2n) is 8.61. The lowest BCUT2D eigenvalue weighted by atomic mass is 9.89. The summed E-state index contributed by atoms with van der Waals surface area (Å²) in [6, 6.07) is 8.02. The van der Waals surface area contributed by atoms with Gasteiger partial charge in [0.25, 0.3) is 0 Å². The Morgan fingerprint density at radius 3 is 2.83 bits per heavy atom. The molecule has 0 bridgehead atoms. The van der Waals surface area contributed by atoms with Crippen LogP contribution in [0, 0.1) is 12.8 Å². The van der Waals surface area contributed by atoms with Crippen LogP contribution in [0.4, 0.5) is 5.82 Å². The maximum absolute atomic E-state index is 12.0. The SMILES string of the molecule is Cc1cc(-c2ccn3nc(NC(=O)C4CC4)cc3c2)c(O[C@H]2CNC2(C)C)cn1. The Balaban J connectivity index is 1.46. The molecule has 1 aliphatic heterocycles. The van der Waals surface area contributed by atoms with Crippen LogP contribution in [0.3, 0.4) is 0 Å². The predicted molar refractivity (Wildman–Crippen MR) is 111 cm³/mol. The highest BCUT2D eigenvalue weighted by Gasteiger charge is 2.40. The highest BCUT2D eigenvalue weighted by atomic mass is 16.5. The molecule has 0 radical (unpaired) electrons. The van der Waals surface area contributed by atoms with Crippen LogP contribution in [0.15, 0.2) is 36.7 Å². The number of fused-ring (bicyclic) bond motifs is 1. The number of amides is 1. The third-order valence-corrected chi connectivity index (χ3v) is 5.80. The lowest BCUT2D eigenvalue weighted by molar-refractivity contribution is -0.117. The van der Waals surface area contributed by atoms with Crippen molar-refractivity contribution in [3.8, 4) is 16.9 Å². The summed E-state index contributed by atoms with van der Waals surface area (Å²) in [7, 11) is 0. The first kappa shape index (κ1) is 18.1. The first-order valence-electron chi connectivity index (χ1n) is 10.1. The van der Waals surface area contributed by atoms with Crippen LogP contribution in [0.1, 0.15) is 32.4 Å². The van der Waals surface area contributed by atoms with Gasteiger partial charge in [-0.15, -0.1) is 0 Å². The van der Waals surface area contributed by atoms with Gasteiger partial charge >= 0.3 is 0 Å². The monoisotopic (exact) mass is 391 g/mol. The Kier molecular flexibility index (Phi) is 4.10. The summed E-state index contributed by atoms with van der Waals surface area (Å²) in [5, 5.41) is 10.8. The van der Waals surface area contributed by atoms with E-state index < -0.39 is 0 Å². The van der Waals surface area contributed by atoms with Crippen LogP contribution < -0.4 is 15.4 Å². The fraction of sp³-hybridized carbons (Fsp3) is 0.409. The van der Waals surface area contributed by atoms with Crippen molar-refractivity contribution < 1.29 is 9.53 Å². The van der Waals surface area contributed by atoms with E-state index in [1.54, 1.807) is 10.7 Å². The Labute approximate surface area is 169 Å². The van der Waals surface area contributed by atoms with Crippen molar-refractivity contribution in [3.05, 3.63) is 42.4 Å². The number of nitrogens with one attached hydrogen (secondary N) is 2. The quantitative estimate of drug-likeness (QED) is 0.698. The zero-order valence-electron chi connectivity index (χ0n) is 16.9. The fourth-order valence-corrected chi connectivity index (χ4v) is 3.60. The lowest BCUT2D eigenvalue weighted by Crippen LogP contribution is -2.67. The third kappa shape index (κ3) is 3.46. The van der Waals surface area contributed by atoms with Crippen molar-refractivity contribution in [1.82, 2.24) is 19.9 Å². The number of aromatic nitrogens is 3. The summed E-state index contributed by atoms with van der Waals surface area (Å²) in [6.45, 7) is 7.08. The van der Waals surface area contributed by atoms with Gasteiger partial charge in [0.1, 0.15) is 11.9 Å². The minimum atomic E-state index is -0.0494. The van der Waals surface area contributed by atoms with Gasteiger partial charge in [-0.1, -0.05) is 0 Å². The average molecular weight is 391 g/mol. The number of carbonyl (C=O) groups excluding carboxylic acids is 1. The summed E-state index contributed by atoms with van der Waals surface area (Å²) in [5.41, 5.74) is 3.84. The maximum atomic E-state index is 12.0. The highest BCUT2D eigenvalue weighted by molar-refractivity contribution is 5.93. The van der Waals surface area contributed by atoms with Crippen molar-refractivity contribution in [1.29, 1.82) is 0 Å². The van der Waals surface area contributed by atoms with Gasteiger partial charge in [-0.3, -0.25) is 9.78 Å². The molecular formula is C22H25N5O2. The molecule has 4 heterocycles. The van der Waals surface area contributed by atoms with E-state index in [0.29, 0.717) is 5.82 Å². The van der Waals surface area contributed by atoms with Gasteiger partial charge in [0.05, 0.1) is 17.3 Å². The van der Waals surface area contributed by atoms with E-state index in [4.69, 9.17) is 4.74 Å². The molecule has 29 heavy (non-hydrogen) atoms. The molecule has 0 unspecified atom stereocenters. The number of ether oxygens (including phenoxy) is 1. The first-order chi connectivity index (χ1) is 13.9. The molecular weight excluding hydrogens is 366 g/mol. The molecule has 3 aromatic rings. The summed E-state index contributed by atoms with van der Waals surface area (Å²) < 4.78 is 8.08. The standard InChI is InChI=1S/C22H25N5O2/c1-13-8-17(18(11-23-13)29-19-12-24-22(19,2)3)15-6-7-27-16(9-15)10-20(26-27)25-21(28)14-4-5-14/h6-11,14,19,24H,4-5,12H2,1-3H3,(H,25,26,28)/t19-/m0/s1. The number of anilines is 1. The normalized spacial score (nSPS) is 20.3. The zero-order chi connectivity index (χ0) is 20.2. The number of nitrogens with zero attached hydrogens (tertiary/aromatic N) is 3. The van der Waals surface area contributed by atoms with E-state index >= 15 is 0 Å². The van der Waals surface area contributed by atoms with E-state index in [1.165, 1.54) is 0 Å². The molecule has 7 nitrogen and oxygen atoms in total. The van der Waals surface area contributed by atoms with Gasteiger partial charge in [-0.2, -0.15) is 5.10 Å². The molecule has 2 aliphatic rings. The Morgan fingerprint density at radius 1 is 1.31 bits per heavy atom. The van der Waals surface area contributed by atoms with Gasteiger partial charge < -0.3 is 15.4 Å². The fourth-order valence-electron chi connectivity index (χ4n) is 3.60. The number of aryl methyl sites for hydroxylation is 1. The Morgan fingerprint density at radius 2 is 2.14 bits per heavy atom. The predicted octanol–water partition coefficient (Wildman–Crippen LogP) is 3.18. The molecule has 1 aliphatic carbocycles. The van der Waals surface area contributed by atoms with E-state index in [2.05, 4.69) is 40.6 Å². The molecule has 2 N–H and O–H groups in total. The number of hydrogen-bond donors (Lipinski definition) is 2. The summed E-state index contributed by atoms with van der Waals surface area (Å²) in [4.78, 5) is 16.5. The van der Waals surface area contributed by atoms with Crippen molar-refractivity contribution in [2.75, 3.05) is 11.9 Å². The molecule has 7 heteroatoms. The van der Waals surface area contributed by atoms with Crippen LogP contribution >= 0.6 is 0 Å². The zero-order valence-corrected chi connectivity index (χ0v) is 16.9. The highest BCUT2D eigenvalue weighted by Crippen LogP contribution is 2.34. The number of rotatable bonds is 5. The average Bonchev–Trinajstić information content (AvgIpc) is 3.46. The van der Waals surface area contributed by atoms with Crippen LogP contribution in [-0.4, -0.2) is 38.7 Å². The van der Waals surface area contributed by atoms with Crippen molar-refractivity contribution in [2.45, 2.75) is 45.3 Å². The molecule has 5 rings (SSSR count). The summed E-state index contributed by atoms with van der Waals surface area (Å²) in [6.07, 6.45) is 5.77.